The summed E-state index contributed by atoms with van der Waals surface area (Å²) in [5.74, 6) is 2.75. The van der Waals surface area contributed by atoms with Crippen molar-refractivity contribution >= 4 is 41.5 Å². The molecule has 4 aromatic rings. The number of hydrogen-bond acceptors (Lipinski definition) is 9. The van der Waals surface area contributed by atoms with E-state index in [1.54, 1.807) is 25.1 Å². The van der Waals surface area contributed by atoms with Gasteiger partial charge >= 0.3 is 6.09 Å². The smallest absolute Gasteiger partial charge is 0.410 e. The minimum absolute atomic E-state index is 0.0139. The van der Waals surface area contributed by atoms with Gasteiger partial charge in [0.25, 0.3) is 0 Å². The van der Waals surface area contributed by atoms with Gasteiger partial charge in [-0.3, -0.25) is 4.90 Å². The average molecular weight is 812 g/mol. The first-order valence-corrected chi connectivity index (χ1v) is 22.3. The van der Waals surface area contributed by atoms with E-state index in [1.807, 2.05) is 30.6 Å². The van der Waals surface area contributed by atoms with Gasteiger partial charge < -0.3 is 23.8 Å². The molecule has 0 saturated carbocycles. The van der Waals surface area contributed by atoms with Crippen LogP contribution >= 0.6 is 0 Å². The highest BCUT2D eigenvalue weighted by Crippen LogP contribution is 2.46. The Balaban J connectivity index is 1.61. The van der Waals surface area contributed by atoms with E-state index >= 15 is 8.78 Å². The van der Waals surface area contributed by atoms with Crippen molar-refractivity contribution in [3.05, 3.63) is 52.7 Å². The quantitative estimate of drug-likeness (QED) is 0.0927. The molecule has 2 aliphatic rings. The van der Waals surface area contributed by atoms with Crippen LogP contribution in [0.2, 0.25) is 16.6 Å². The number of rotatable bonds is 9. The third-order valence-electron chi connectivity index (χ3n) is 11.8. The molecule has 6 rings (SSSR count). The molecule has 0 N–H and O–H groups in total. The summed E-state index contributed by atoms with van der Waals surface area (Å²) in [7, 11) is 0.598. The van der Waals surface area contributed by atoms with Gasteiger partial charge in [-0.25, -0.2) is 23.5 Å². The molecule has 2 aromatic heterocycles. The fourth-order valence-corrected chi connectivity index (χ4v) is 14.6. The highest BCUT2D eigenvalue weighted by Gasteiger charge is 2.46. The van der Waals surface area contributed by atoms with Crippen LogP contribution in [0.15, 0.2) is 24.3 Å². The van der Waals surface area contributed by atoms with Crippen LogP contribution in [0.3, 0.4) is 0 Å². The molecular weight excluding hydrogens is 757 g/mol. The molecule has 0 radical (unpaired) electrons. The van der Waals surface area contributed by atoms with Gasteiger partial charge in [0, 0.05) is 36.5 Å². The zero-order valence-electron chi connectivity index (χ0n) is 35.8. The Morgan fingerprint density at radius 2 is 1.59 bits per heavy atom. The third-order valence-corrected chi connectivity index (χ3v) is 18.1. The molecular formula is C45H55F2N5O5Si. The largest absolute Gasteiger partial charge is 0.480 e. The number of aryl methyl sites for hydroxylation is 1. The molecule has 58 heavy (non-hydrogen) atoms. The Kier molecular flexibility index (Phi) is 12.0. The lowest BCUT2D eigenvalue weighted by molar-refractivity contribution is 0.0122. The standard InChI is InChI=1S/C45H55F2N5O5Si/c1-25(2)58(26(3)4,27(5)6)18-17-33-36(46)16-13-29-19-32(56-24-54-11)20-34(37(29)33)41-40(47)38-35(21-48)28(7)49-42(39(38)43(50-41)55-12)51-22-30-14-15-31(23-51)52(30)44(53)57-45(8,9)10/h13,16,19-20,25-27,30-31H,14-15,22-24H2,1-12H3. The molecule has 10 nitrogen and oxygen atoms in total. The number of ether oxygens (including phenoxy) is 4. The van der Waals surface area contributed by atoms with Crippen molar-refractivity contribution in [3.8, 4) is 40.4 Å². The lowest BCUT2D eigenvalue weighted by Gasteiger charge is -2.42. The van der Waals surface area contributed by atoms with E-state index in [1.165, 1.54) is 20.3 Å². The summed E-state index contributed by atoms with van der Waals surface area (Å²) < 4.78 is 56.9. The summed E-state index contributed by atoms with van der Waals surface area (Å²) in [6, 6.07) is 8.20. The van der Waals surface area contributed by atoms with Crippen molar-refractivity contribution in [3.63, 3.8) is 0 Å². The third kappa shape index (κ3) is 7.55. The molecule has 2 saturated heterocycles. The number of pyridine rings is 2. The molecule has 0 aliphatic carbocycles. The number of aromatic nitrogens is 2. The molecule has 13 heteroatoms. The Bertz CT molecular complexity index is 2320. The van der Waals surface area contributed by atoms with Crippen molar-refractivity contribution in [2.45, 2.75) is 116 Å². The second-order valence-electron chi connectivity index (χ2n) is 17.4. The fourth-order valence-electron chi connectivity index (χ4n) is 9.35. The second-order valence-corrected chi connectivity index (χ2v) is 23.0. The Morgan fingerprint density at radius 1 is 0.948 bits per heavy atom. The Labute approximate surface area is 341 Å². The molecule has 1 amide bonds. The number of hydrogen-bond donors (Lipinski definition) is 0. The summed E-state index contributed by atoms with van der Waals surface area (Å²) in [6.45, 7) is 21.1. The summed E-state index contributed by atoms with van der Waals surface area (Å²) >= 11 is 0. The number of amides is 1. The van der Waals surface area contributed by atoms with Gasteiger partial charge in [-0.1, -0.05) is 53.5 Å². The number of nitrogens with zero attached hydrogens (tertiary/aromatic N) is 5. The summed E-state index contributed by atoms with van der Waals surface area (Å²) in [4.78, 5) is 26.8. The maximum atomic E-state index is 17.8. The van der Waals surface area contributed by atoms with Gasteiger partial charge in [0.2, 0.25) is 5.88 Å². The first-order valence-electron chi connectivity index (χ1n) is 20.0. The summed E-state index contributed by atoms with van der Waals surface area (Å²) in [5, 5.41) is 11.7. The SMILES string of the molecule is COCOc1cc(-c2nc(OC)c3c(N4CC5CCC(C4)N5C(=O)OC(C)(C)C)nc(C)c(C#N)c3c2F)c2c(C#C[Si](C(C)C)(C(C)C)C(C)C)c(F)ccc2c1. The molecule has 2 aromatic carbocycles. The fraction of sp³-hybridized carbons (Fsp3) is 0.511. The van der Waals surface area contributed by atoms with Crippen molar-refractivity contribution in [2.24, 2.45) is 0 Å². The minimum atomic E-state index is -2.33. The zero-order valence-corrected chi connectivity index (χ0v) is 36.8. The first kappa shape index (κ1) is 42.6. The number of piperazine rings is 1. The number of halogens is 2. The van der Waals surface area contributed by atoms with E-state index in [9.17, 15) is 10.1 Å². The van der Waals surface area contributed by atoms with Crippen LogP contribution in [-0.4, -0.2) is 80.8 Å². The van der Waals surface area contributed by atoms with Crippen LogP contribution in [0.1, 0.15) is 92.0 Å². The summed E-state index contributed by atoms with van der Waals surface area (Å²) in [5.41, 5.74) is 4.42. The number of fused-ring (bicyclic) bond motifs is 4. The average Bonchev–Trinajstić information content (AvgIpc) is 3.42. The Hall–Kier alpha value is -4.98. The van der Waals surface area contributed by atoms with Gasteiger partial charge in [-0.15, -0.1) is 5.54 Å². The maximum Gasteiger partial charge on any atom is 0.410 e. The van der Waals surface area contributed by atoms with E-state index in [4.69, 9.17) is 28.9 Å². The molecule has 4 heterocycles. The van der Waals surface area contributed by atoms with Crippen LogP contribution in [-0.2, 0) is 9.47 Å². The molecule has 2 unspecified atom stereocenters. The predicted molar refractivity (Wildman–Crippen MR) is 226 cm³/mol. The lowest BCUT2D eigenvalue weighted by Crippen LogP contribution is -2.57. The van der Waals surface area contributed by atoms with Gasteiger partial charge in [-0.2, -0.15) is 5.26 Å². The molecule has 2 fully saturated rings. The maximum absolute atomic E-state index is 17.8. The van der Waals surface area contributed by atoms with Gasteiger partial charge in [-0.05, 0) is 80.7 Å². The van der Waals surface area contributed by atoms with E-state index in [0.717, 1.165) is 12.8 Å². The van der Waals surface area contributed by atoms with Gasteiger partial charge in [0.15, 0.2) is 12.6 Å². The van der Waals surface area contributed by atoms with Crippen molar-refractivity contribution in [1.29, 1.82) is 5.26 Å². The van der Waals surface area contributed by atoms with Crippen LogP contribution in [0.5, 0.6) is 11.6 Å². The molecule has 2 bridgehead atoms. The van der Waals surface area contributed by atoms with Crippen LogP contribution in [0, 0.1) is 41.4 Å². The number of anilines is 1. The van der Waals surface area contributed by atoms with E-state index in [-0.39, 0.29) is 64.0 Å². The van der Waals surface area contributed by atoms with Crippen LogP contribution < -0.4 is 14.4 Å². The second kappa shape index (κ2) is 16.3. The zero-order chi connectivity index (χ0) is 42.4. The molecule has 308 valence electrons. The Morgan fingerprint density at radius 3 is 2.14 bits per heavy atom. The number of carbonyl (C=O) groups is 1. The van der Waals surface area contributed by atoms with Crippen LogP contribution in [0.4, 0.5) is 19.4 Å². The summed E-state index contributed by atoms with van der Waals surface area (Å²) in [6.07, 6.45) is 1.18. The number of carbonyl (C=O) groups excluding carboxylic acids is 1. The number of nitriles is 1. The minimum Gasteiger partial charge on any atom is -0.480 e. The molecule has 2 atom stereocenters. The van der Waals surface area contributed by atoms with E-state index in [0.29, 0.717) is 57.7 Å². The predicted octanol–water partition coefficient (Wildman–Crippen LogP) is 10.1. The normalized spacial score (nSPS) is 17.0. The number of methoxy groups -OCH3 is 2. The first-order chi connectivity index (χ1) is 27.4. The van der Waals surface area contributed by atoms with Gasteiger partial charge in [0.05, 0.1) is 41.4 Å². The topological polar surface area (TPSA) is 110 Å². The lowest BCUT2D eigenvalue weighted by atomic mass is 9.94. The van der Waals surface area contributed by atoms with Crippen molar-refractivity contribution < 1.29 is 32.5 Å². The van der Waals surface area contributed by atoms with E-state index < -0.39 is 25.3 Å². The highest BCUT2D eigenvalue weighted by molar-refractivity contribution is 6.90. The van der Waals surface area contributed by atoms with Crippen LogP contribution in [0.25, 0.3) is 32.8 Å². The van der Waals surface area contributed by atoms with Crippen molar-refractivity contribution in [1.82, 2.24) is 14.9 Å². The molecule has 2 aliphatic heterocycles. The van der Waals surface area contributed by atoms with Gasteiger partial charge in [0.1, 0.15) is 42.8 Å². The van der Waals surface area contributed by atoms with E-state index in [2.05, 4.69) is 59.1 Å². The van der Waals surface area contributed by atoms with Crippen molar-refractivity contribution in [2.75, 3.05) is 39.0 Å². The number of benzene rings is 2. The molecule has 0 spiro atoms. The highest BCUT2D eigenvalue weighted by atomic mass is 28.3. The monoisotopic (exact) mass is 811 g/mol.